The van der Waals surface area contributed by atoms with Crippen molar-refractivity contribution in [3.05, 3.63) is 34.9 Å². The Morgan fingerprint density at radius 2 is 1.85 bits per heavy atom. The summed E-state index contributed by atoms with van der Waals surface area (Å²) < 4.78 is 5.42. The molecule has 0 bridgehead atoms. The van der Waals surface area contributed by atoms with Gasteiger partial charge in [0, 0.05) is 6.42 Å². The Labute approximate surface area is 123 Å². The van der Waals surface area contributed by atoms with Gasteiger partial charge in [-0.1, -0.05) is 58.2 Å². The summed E-state index contributed by atoms with van der Waals surface area (Å²) in [6.07, 6.45) is 6.89. The molecule has 0 aliphatic carbocycles. The van der Waals surface area contributed by atoms with Gasteiger partial charge in [-0.2, -0.15) is 0 Å². The molecule has 1 rings (SSSR count). The number of benzene rings is 1. The Morgan fingerprint density at radius 3 is 2.50 bits per heavy atom. The van der Waals surface area contributed by atoms with Crippen LogP contribution in [0.1, 0.15) is 69.6 Å². The van der Waals surface area contributed by atoms with Crippen LogP contribution in [-0.4, -0.2) is 5.97 Å². The van der Waals surface area contributed by atoms with Crippen molar-refractivity contribution in [1.82, 2.24) is 0 Å². The van der Waals surface area contributed by atoms with Gasteiger partial charge >= 0.3 is 5.97 Å². The molecule has 1 aromatic carbocycles. The molecule has 0 radical (unpaired) electrons. The quantitative estimate of drug-likeness (QED) is 0.477. The molecule has 0 atom stereocenters. The van der Waals surface area contributed by atoms with Crippen LogP contribution in [0.25, 0.3) is 0 Å². The summed E-state index contributed by atoms with van der Waals surface area (Å²) >= 11 is 0. The average molecular weight is 276 g/mol. The summed E-state index contributed by atoms with van der Waals surface area (Å²) in [6, 6.07) is 6.55. The first kappa shape index (κ1) is 16.7. The molecular weight excluding hydrogens is 248 g/mol. The Bertz CT molecular complexity index is 410. The van der Waals surface area contributed by atoms with Crippen LogP contribution in [0.4, 0.5) is 0 Å². The van der Waals surface area contributed by atoms with Crippen LogP contribution in [0.5, 0.6) is 0 Å². The Balaban J connectivity index is 2.58. The summed E-state index contributed by atoms with van der Waals surface area (Å²) in [6.45, 7) is 6.89. The number of aryl methyl sites for hydroxylation is 2. The second kappa shape index (κ2) is 9.57. The largest absolute Gasteiger partial charge is 0.461 e. The van der Waals surface area contributed by atoms with Gasteiger partial charge in [0.05, 0.1) is 0 Å². The molecular formula is C18H28O2. The smallest absolute Gasteiger partial charge is 0.306 e. The third-order valence-electron chi connectivity index (χ3n) is 3.57. The number of unbranched alkanes of at least 4 members (excludes halogenated alkanes) is 2. The highest BCUT2D eigenvalue weighted by Gasteiger charge is 2.07. The third-order valence-corrected chi connectivity index (χ3v) is 3.57. The minimum absolute atomic E-state index is 0.0669. The molecule has 0 aliphatic rings. The van der Waals surface area contributed by atoms with E-state index in [1.54, 1.807) is 0 Å². The van der Waals surface area contributed by atoms with Crippen molar-refractivity contribution in [1.29, 1.82) is 0 Å². The fourth-order valence-electron chi connectivity index (χ4n) is 2.30. The van der Waals surface area contributed by atoms with Crippen molar-refractivity contribution in [3.63, 3.8) is 0 Å². The predicted molar refractivity (Wildman–Crippen MR) is 83.8 cm³/mol. The van der Waals surface area contributed by atoms with Crippen molar-refractivity contribution in [3.8, 4) is 0 Å². The fraction of sp³-hybridized carbons (Fsp3) is 0.611. The molecule has 0 saturated heterocycles. The van der Waals surface area contributed by atoms with E-state index in [4.69, 9.17) is 4.74 Å². The molecule has 1 aromatic rings. The van der Waals surface area contributed by atoms with Gasteiger partial charge in [-0.25, -0.2) is 0 Å². The van der Waals surface area contributed by atoms with E-state index >= 15 is 0 Å². The lowest BCUT2D eigenvalue weighted by atomic mass is 10.00. The van der Waals surface area contributed by atoms with Gasteiger partial charge in [-0.15, -0.1) is 0 Å². The predicted octanol–water partition coefficient (Wildman–Crippen LogP) is 4.83. The fourth-order valence-corrected chi connectivity index (χ4v) is 2.30. The van der Waals surface area contributed by atoms with Crippen LogP contribution < -0.4 is 0 Å². The maximum atomic E-state index is 11.7. The molecule has 20 heavy (non-hydrogen) atoms. The zero-order valence-electron chi connectivity index (χ0n) is 13.2. The van der Waals surface area contributed by atoms with Crippen LogP contribution in [0.2, 0.25) is 0 Å². The first-order chi connectivity index (χ1) is 9.71. The minimum atomic E-state index is -0.0669. The van der Waals surface area contributed by atoms with E-state index < -0.39 is 0 Å². The van der Waals surface area contributed by atoms with E-state index in [2.05, 4.69) is 39.0 Å². The van der Waals surface area contributed by atoms with Gasteiger partial charge in [0.2, 0.25) is 0 Å². The van der Waals surface area contributed by atoms with Crippen molar-refractivity contribution in [2.75, 3.05) is 0 Å². The lowest BCUT2D eigenvalue weighted by Gasteiger charge is -2.11. The summed E-state index contributed by atoms with van der Waals surface area (Å²) in [5, 5.41) is 0. The van der Waals surface area contributed by atoms with Crippen molar-refractivity contribution < 1.29 is 9.53 Å². The third kappa shape index (κ3) is 5.77. The summed E-state index contributed by atoms with van der Waals surface area (Å²) in [7, 11) is 0. The molecule has 0 N–H and O–H groups in total. The molecule has 2 nitrogen and oxygen atoms in total. The highest BCUT2D eigenvalue weighted by Crippen LogP contribution is 2.16. The molecule has 0 aromatic heterocycles. The number of hydrogen-bond donors (Lipinski definition) is 0. The Hall–Kier alpha value is -1.31. The van der Waals surface area contributed by atoms with E-state index in [1.165, 1.54) is 16.7 Å². The molecule has 112 valence electrons. The monoisotopic (exact) mass is 276 g/mol. The normalized spacial score (nSPS) is 10.6. The highest BCUT2D eigenvalue weighted by molar-refractivity contribution is 5.69. The molecule has 0 unspecified atom stereocenters. The summed E-state index contributed by atoms with van der Waals surface area (Å²) in [5.74, 6) is -0.0669. The summed E-state index contributed by atoms with van der Waals surface area (Å²) in [5.41, 5.74) is 3.79. The standard InChI is InChI=1S/C18H28O2/c1-4-7-8-10-18(19)20-14-17-13-15(6-3)11-12-16(17)9-5-2/h11-13H,4-10,14H2,1-3H3. The van der Waals surface area contributed by atoms with E-state index in [9.17, 15) is 4.79 Å². The van der Waals surface area contributed by atoms with Crippen LogP contribution >= 0.6 is 0 Å². The highest BCUT2D eigenvalue weighted by atomic mass is 16.5. The van der Waals surface area contributed by atoms with Gasteiger partial charge in [0.15, 0.2) is 0 Å². The lowest BCUT2D eigenvalue weighted by molar-refractivity contribution is -0.145. The van der Waals surface area contributed by atoms with Crippen LogP contribution in [0, 0.1) is 0 Å². The van der Waals surface area contributed by atoms with Gasteiger partial charge in [0.1, 0.15) is 6.61 Å². The number of carbonyl (C=O) groups excluding carboxylic acids is 1. The van der Waals surface area contributed by atoms with Crippen molar-refractivity contribution in [2.45, 2.75) is 72.3 Å². The van der Waals surface area contributed by atoms with E-state index in [-0.39, 0.29) is 5.97 Å². The second-order valence-electron chi connectivity index (χ2n) is 5.32. The van der Waals surface area contributed by atoms with Crippen LogP contribution in [0.3, 0.4) is 0 Å². The topological polar surface area (TPSA) is 26.3 Å². The number of carbonyl (C=O) groups is 1. The van der Waals surface area contributed by atoms with Crippen LogP contribution in [-0.2, 0) is 29.0 Å². The molecule has 0 spiro atoms. The molecule has 2 heteroatoms. The van der Waals surface area contributed by atoms with Gasteiger partial charge < -0.3 is 4.74 Å². The van der Waals surface area contributed by atoms with E-state index in [0.29, 0.717) is 13.0 Å². The maximum absolute atomic E-state index is 11.7. The molecule has 0 saturated carbocycles. The summed E-state index contributed by atoms with van der Waals surface area (Å²) in [4.78, 5) is 11.7. The second-order valence-corrected chi connectivity index (χ2v) is 5.32. The average Bonchev–Trinajstić information content (AvgIpc) is 2.46. The van der Waals surface area contributed by atoms with Gasteiger partial charge in [-0.05, 0) is 36.0 Å². The molecule has 0 aliphatic heterocycles. The van der Waals surface area contributed by atoms with Gasteiger partial charge in [-0.3, -0.25) is 4.79 Å². The first-order valence-electron chi connectivity index (χ1n) is 7.97. The number of esters is 1. The Morgan fingerprint density at radius 1 is 1.05 bits per heavy atom. The first-order valence-corrected chi connectivity index (χ1v) is 7.97. The lowest BCUT2D eigenvalue weighted by Crippen LogP contribution is -2.06. The maximum Gasteiger partial charge on any atom is 0.306 e. The number of hydrogen-bond acceptors (Lipinski definition) is 2. The molecule has 0 amide bonds. The van der Waals surface area contributed by atoms with Gasteiger partial charge in [0.25, 0.3) is 0 Å². The zero-order valence-corrected chi connectivity index (χ0v) is 13.2. The van der Waals surface area contributed by atoms with Crippen LogP contribution in [0.15, 0.2) is 18.2 Å². The molecule has 0 fully saturated rings. The Kier molecular flexibility index (Phi) is 8.01. The molecule has 0 heterocycles. The SMILES string of the molecule is CCCCCC(=O)OCc1cc(CC)ccc1CCC. The van der Waals surface area contributed by atoms with E-state index in [1.807, 2.05) is 0 Å². The van der Waals surface area contributed by atoms with Crippen molar-refractivity contribution >= 4 is 5.97 Å². The number of ether oxygens (including phenoxy) is 1. The zero-order chi connectivity index (χ0) is 14.8. The van der Waals surface area contributed by atoms with Crippen molar-refractivity contribution in [2.24, 2.45) is 0 Å². The number of rotatable bonds is 9. The minimum Gasteiger partial charge on any atom is -0.461 e. The van der Waals surface area contributed by atoms with E-state index in [0.717, 1.165) is 38.5 Å².